The predicted octanol–water partition coefficient (Wildman–Crippen LogP) is 4.77. The number of rotatable bonds is 9. The number of nitrogens with zero attached hydrogens (tertiary/aromatic N) is 7. The number of carbonyl (C=O) groups is 1. The number of halogens is 6. The fraction of sp³-hybridized carbons (Fsp3) is 0.273. The zero-order chi connectivity index (χ0) is 38.0. The first-order chi connectivity index (χ1) is 25.0. The van der Waals surface area contributed by atoms with Crippen LogP contribution in [0.15, 0.2) is 53.5 Å². The summed E-state index contributed by atoms with van der Waals surface area (Å²) < 4.78 is 100. The molecule has 1 aliphatic carbocycles. The number of hydrogen-bond donors (Lipinski definition) is 2. The summed E-state index contributed by atoms with van der Waals surface area (Å²) in [7, 11) is -2.38. The van der Waals surface area contributed by atoms with Gasteiger partial charge in [-0.05, 0) is 61.2 Å². The van der Waals surface area contributed by atoms with E-state index in [4.69, 9.17) is 11.6 Å². The molecule has 2 aromatic carbocycles. The first kappa shape index (κ1) is 36.0. The van der Waals surface area contributed by atoms with E-state index in [1.54, 1.807) is 0 Å². The predicted molar refractivity (Wildman–Crippen MR) is 183 cm³/mol. The number of anilines is 1. The Labute approximate surface area is 301 Å². The molecule has 0 spiro atoms. The summed E-state index contributed by atoms with van der Waals surface area (Å²) in [4.78, 5) is 37.1. The lowest BCUT2D eigenvalue weighted by molar-refractivity contribution is -0.142. The van der Waals surface area contributed by atoms with E-state index in [1.807, 2.05) is 0 Å². The Hall–Kier alpha value is -5.43. The van der Waals surface area contributed by atoms with Crippen molar-refractivity contribution in [2.24, 2.45) is 7.05 Å². The highest BCUT2D eigenvalue weighted by Crippen LogP contribution is 2.37. The third-order valence-electron chi connectivity index (χ3n) is 8.69. The number of alkyl halides is 3. The molecule has 2 N–H and O–H groups in total. The highest BCUT2D eigenvalue weighted by Gasteiger charge is 2.40. The van der Waals surface area contributed by atoms with Crippen LogP contribution in [-0.2, 0) is 53.8 Å². The van der Waals surface area contributed by atoms with Crippen LogP contribution in [0.25, 0.3) is 27.6 Å². The third-order valence-corrected chi connectivity index (χ3v) is 9.57. The lowest BCUT2D eigenvalue weighted by Gasteiger charge is -2.23. The number of aryl methyl sites for hydroxylation is 1. The zero-order valence-electron chi connectivity index (χ0n) is 27.7. The van der Waals surface area contributed by atoms with Crippen LogP contribution in [0.1, 0.15) is 40.8 Å². The van der Waals surface area contributed by atoms with Crippen LogP contribution in [0.4, 0.5) is 27.8 Å². The lowest BCUT2D eigenvalue weighted by Crippen LogP contribution is -2.38. The van der Waals surface area contributed by atoms with Crippen molar-refractivity contribution >= 4 is 55.3 Å². The molecule has 1 amide bonds. The van der Waals surface area contributed by atoms with Crippen molar-refractivity contribution in [3.05, 3.63) is 104 Å². The second kappa shape index (κ2) is 13.2. The van der Waals surface area contributed by atoms with E-state index in [-0.39, 0.29) is 80.4 Å². The molecule has 20 heteroatoms. The molecule has 4 heterocycles. The topological polar surface area (TPSA) is 159 Å². The fourth-order valence-corrected chi connectivity index (χ4v) is 7.44. The number of carbonyl (C=O) groups excluding carboxylic acids is 1. The molecule has 1 aliphatic rings. The van der Waals surface area contributed by atoms with Crippen molar-refractivity contribution in [2.45, 2.75) is 44.4 Å². The summed E-state index contributed by atoms with van der Waals surface area (Å²) in [6.45, 7) is -0.657. The summed E-state index contributed by atoms with van der Waals surface area (Å²) in [5.74, 6) is -3.04. The number of amides is 1. The van der Waals surface area contributed by atoms with Crippen LogP contribution < -0.4 is 15.6 Å². The van der Waals surface area contributed by atoms with Crippen molar-refractivity contribution in [3.63, 3.8) is 0 Å². The van der Waals surface area contributed by atoms with Crippen LogP contribution in [0.2, 0.25) is 5.02 Å². The Morgan fingerprint density at radius 2 is 1.81 bits per heavy atom. The Morgan fingerprint density at radius 1 is 1.08 bits per heavy atom. The Morgan fingerprint density at radius 3 is 2.51 bits per heavy atom. The maximum absolute atomic E-state index is 14.5. The number of nitrogens with one attached hydrogen (secondary N) is 2. The second-order valence-corrected chi connectivity index (χ2v) is 14.7. The number of hydrogen-bond acceptors (Lipinski definition) is 8. The highest BCUT2D eigenvalue weighted by atomic mass is 35.5. The molecule has 13 nitrogen and oxygen atoms in total. The minimum atomic E-state index is -4.75. The second-order valence-electron chi connectivity index (χ2n) is 12.5. The molecule has 4 aromatic heterocycles. The molecule has 6 aromatic rings. The van der Waals surface area contributed by atoms with Gasteiger partial charge in [0.1, 0.15) is 24.0 Å². The minimum Gasteiger partial charge on any atom is -0.344 e. The van der Waals surface area contributed by atoms with Gasteiger partial charge in [-0.3, -0.25) is 28.2 Å². The van der Waals surface area contributed by atoms with Gasteiger partial charge in [0.15, 0.2) is 17.2 Å². The summed E-state index contributed by atoms with van der Waals surface area (Å²) >= 11 is 6.55. The highest BCUT2D eigenvalue weighted by molar-refractivity contribution is 7.92. The normalized spacial score (nSPS) is 13.8. The van der Waals surface area contributed by atoms with Crippen molar-refractivity contribution in [3.8, 4) is 5.69 Å². The zero-order valence-corrected chi connectivity index (χ0v) is 29.2. The number of aromatic nitrogens is 7. The van der Waals surface area contributed by atoms with Gasteiger partial charge in [0, 0.05) is 37.0 Å². The fourth-order valence-electron chi connectivity index (χ4n) is 6.70. The number of fused-ring (bicyclic) bond motifs is 3. The molecule has 0 saturated heterocycles. The number of benzene rings is 2. The van der Waals surface area contributed by atoms with Gasteiger partial charge in [-0.25, -0.2) is 27.2 Å². The van der Waals surface area contributed by atoms with Crippen LogP contribution >= 0.6 is 11.6 Å². The SMILES string of the molecule is Cn1nc(NS(C)(=O)=O)c2c(Cl)ccc(-n3c(C(Cc4cc(F)cc(F)c4)NC(=O)Cn4nc(C(F)(F)F)c5c4CCC5)nc4ncccc4c3=O)c21. The van der Waals surface area contributed by atoms with Gasteiger partial charge in [0.25, 0.3) is 5.56 Å². The molecular weight excluding hydrogens is 749 g/mol. The average Bonchev–Trinajstić information content (AvgIpc) is 3.75. The van der Waals surface area contributed by atoms with Gasteiger partial charge in [-0.15, -0.1) is 0 Å². The molecule has 1 atom stereocenters. The lowest BCUT2D eigenvalue weighted by atomic mass is 10.0. The smallest absolute Gasteiger partial charge is 0.344 e. The summed E-state index contributed by atoms with van der Waals surface area (Å²) in [5, 5.41) is 10.9. The van der Waals surface area contributed by atoms with E-state index >= 15 is 0 Å². The van der Waals surface area contributed by atoms with Crippen molar-refractivity contribution in [1.29, 1.82) is 0 Å². The van der Waals surface area contributed by atoms with Crippen LogP contribution in [0.5, 0.6) is 0 Å². The largest absolute Gasteiger partial charge is 0.435 e. The summed E-state index contributed by atoms with van der Waals surface area (Å²) in [6.07, 6.45) is -1.97. The Kier molecular flexibility index (Phi) is 8.96. The van der Waals surface area contributed by atoms with E-state index in [0.29, 0.717) is 12.5 Å². The average molecular weight is 776 g/mol. The first-order valence-electron chi connectivity index (χ1n) is 15.9. The molecule has 0 fully saturated rings. The van der Waals surface area contributed by atoms with Crippen molar-refractivity contribution in [2.75, 3.05) is 11.0 Å². The molecule has 0 saturated carbocycles. The first-order valence-corrected chi connectivity index (χ1v) is 18.2. The molecule has 276 valence electrons. The van der Waals surface area contributed by atoms with Gasteiger partial charge in [0.05, 0.1) is 39.3 Å². The maximum Gasteiger partial charge on any atom is 0.435 e. The van der Waals surface area contributed by atoms with Gasteiger partial charge in [-0.2, -0.15) is 23.4 Å². The van der Waals surface area contributed by atoms with Gasteiger partial charge in [0.2, 0.25) is 15.9 Å². The number of pyridine rings is 1. The van der Waals surface area contributed by atoms with E-state index in [9.17, 15) is 40.0 Å². The van der Waals surface area contributed by atoms with Crippen molar-refractivity contribution in [1.82, 2.24) is 39.4 Å². The standard InChI is InChI=1S/C33H27ClF5N9O4S/c1-46-27-24(9-8-21(34)26(27)30(44-46)45-53(2,51)52)48-31(42-29-20(32(48)50)6-4-10-40-29)22(13-16-11-17(35)14-18(36)12-16)41-25(49)15-47-23-7-3-5-19(23)28(43-47)33(37,38)39/h4,6,8-12,14,22H,3,5,7,13,15H2,1-2H3,(H,41,49)(H,44,45). The van der Waals surface area contributed by atoms with Gasteiger partial charge >= 0.3 is 6.18 Å². The molecule has 0 radical (unpaired) electrons. The Bertz CT molecular complexity index is 2620. The van der Waals surface area contributed by atoms with Gasteiger partial charge < -0.3 is 5.32 Å². The quantitative estimate of drug-likeness (QED) is 0.199. The molecule has 1 unspecified atom stereocenters. The Balaban J connectivity index is 1.42. The van der Waals surface area contributed by atoms with E-state index in [0.717, 1.165) is 27.6 Å². The van der Waals surface area contributed by atoms with E-state index in [2.05, 4.69) is 30.2 Å². The van der Waals surface area contributed by atoms with Crippen LogP contribution in [0.3, 0.4) is 0 Å². The summed E-state index contributed by atoms with van der Waals surface area (Å²) in [6, 6.07) is 7.10. The monoisotopic (exact) mass is 775 g/mol. The van der Waals surface area contributed by atoms with Crippen molar-refractivity contribution < 1.29 is 35.2 Å². The minimum absolute atomic E-state index is 0.0147. The molecule has 0 aliphatic heterocycles. The summed E-state index contributed by atoms with van der Waals surface area (Å²) in [5.41, 5.74) is -1.29. The molecular formula is C33H27ClF5N9O4S. The van der Waals surface area contributed by atoms with Crippen LogP contribution in [-0.4, -0.2) is 54.7 Å². The molecule has 0 bridgehead atoms. The van der Waals surface area contributed by atoms with E-state index in [1.165, 1.54) is 42.2 Å². The van der Waals surface area contributed by atoms with E-state index < -0.39 is 57.6 Å². The van der Waals surface area contributed by atoms with Crippen LogP contribution in [0, 0.1) is 11.6 Å². The molecule has 7 rings (SSSR count). The molecule has 53 heavy (non-hydrogen) atoms. The maximum atomic E-state index is 14.5. The van der Waals surface area contributed by atoms with Gasteiger partial charge in [-0.1, -0.05) is 11.6 Å². The third kappa shape index (κ3) is 6.93. The number of sulfonamides is 1.